The van der Waals surface area contributed by atoms with Gasteiger partial charge in [-0.15, -0.1) is 0 Å². The highest BCUT2D eigenvalue weighted by molar-refractivity contribution is 5.77. The third-order valence-electron chi connectivity index (χ3n) is 3.12. The molecule has 21 heavy (non-hydrogen) atoms. The summed E-state index contributed by atoms with van der Waals surface area (Å²) in [6.45, 7) is 8.94. The standard InChI is InChI=1S/C17H28N2O2/c1-4-10-18-12-15-7-5-6-8-16(15)21-13-17(20)19-11-9-14(2)3/h5-8,14,18H,4,9-13H2,1-3H3,(H,19,20). The number of ether oxygens (including phenoxy) is 1. The summed E-state index contributed by atoms with van der Waals surface area (Å²) in [7, 11) is 0. The first kappa shape index (κ1) is 17.5. The van der Waals surface area contributed by atoms with Crippen LogP contribution < -0.4 is 15.4 Å². The first-order chi connectivity index (χ1) is 10.1. The Morgan fingerprint density at radius 3 is 2.71 bits per heavy atom. The number of rotatable bonds is 10. The molecule has 0 saturated heterocycles. The average molecular weight is 292 g/mol. The lowest BCUT2D eigenvalue weighted by Gasteiger charge is -2.12. The lowest BCUT2D eigenvalue weighted by atomic mass is 10.1. The Morgan fingerprint density at radius 2 is 2.00 bits per heavy atom. The summed E-state index contributed by atoms with van der Waals surface area (Å²) in [4.78, 5) is 11.7. The molecule has 0 saturated carbocycles. The highest BCUT2D eigenvalue weighted by Crippen LogP contribution is 2.17. The van der Waals surface area contributed by atoms with Crippen molar-refractivity contribution >= 4 is 5.91 Å². The first-order valence-corrected chi connectivity index (χ1v) is 7.81. The van der Waals surface area contributed by atoms with E-state index in [9.17, 15) is 4.79 Å². The number of nitrogens with one attached hydrogen (secondary N) is 2. The van der Waals surface area contributed by atoms with E-state index >= 15 is 0 Å². The molecule has 0 bridgehead atoms. The first-order valence-electron chi connectivity index (χ1n) is 7.81. The summed E-state index contributed by atoms with van der Waals surface area (Å²) >= 11 is 0. The van der Waals surface area contributed by atoms with Crippen LogP contribution in [-0.2, 0) is 11.3 Å². The van der Waals surface area contributed by atoms with E-state index in [1.54, 1.807) is 0 Å². The average Bonchev–Trinajstić information content (AvgIpc) is 2.46. The molecule has 0 atom stereocenters. The van der Waals surface area contributed by atoms with Crippen LogP contribution in [0.15, 0.2) is 24.3 Å². The maximum atomic E-state index is 11.7. The van der Waals surface area contributed by atoms with Crippen LogP contribution in [-0.4, -0.2) is 25.6 Å². The minimum absolute atomic E-state index is 0.0630. The SMILES string of the molecule is CCCNCc1ccccc1OCC(=O)NCCC(C)C. The molecule has 0 radical (unpaired) electrons. The molecule has 118 valence electrons. The van der Waals surface area contributed by atoms with Crippen molar-refractivity contribution in [3.8, 4) is 5.75 Å². The summed E-state index contributed by atoms with van der Waals surface area (Å²) in [6, 6.07) is 7.84. The third-order valence-corrected chi connectivity index (χ3v) is 3.12. The summed E-state index contributed by atoms with van der Waals surface area (Å²) < 4.78 is 5.64. The van der Waals surface area contributed by atoms with Gasteiger partial charge in [0.05, 0.1) is 0 Å². The van der Waals surface area contributed by atoms with Crippen LogP contribution in [0.2, 0.25) is 0 Å². The molecular weight excluding hydrogens is 264 g/mol. The number of carbonyl (C=O) groups is 1. The number of hydrogen-bond donors (Lipinski definition) is 2. The fraction of sp³-hybridized carbons (Fsp3) is 0.588. The number of para-hydroxylation sites is 1. The van der Waals surface area contributed by atoms with Crippen LogP contribution in [0.5, 0.6) is 5.75 Å². The maximum Gasteiger partial charge on any atom is 0.257 e. The van der Waals surface area contributed by atoms with Gasteiger partial charge in [0.1, 0.15) is 5.75 Å². The van der Waals surface area contributed by atoms with E-state index in [1.807, 2.05) is 24.3 Å². The van der Waals surface area contributed by atoms with Gasteiger partial charge in [-0.1, -0.05) is 39.0 Å². The van der Waals surface area contributed by atoms with Crippen LogP contribution >= 0.6 is 0 Å². The van der Waals surface area contributed by atoms with Crippen molar-refractivity contribution in [2.24, 2.45) is 5.92 Å². The van der Waals surface area contributed by atoms with Crippen molar-refractivity contribution in [1.29, 1.82) is 0 Å². The van der Waals surface area contributed by atoms with Crippen molar-refractivity contribution in [1.82, 2.24) is 10.6 Å². The molecule has 0 heterocycles. The zero-order valence-corrected chi connectivity index (χ0v) is 13.4. The van der Waals surface area contributed by atoms with Gasteiger partial charge >= 0.3 is 0 Å². The largest absolute Gasteiger partial charge is 0.483 e. The molecular formula is C17H28N2O2. The molecule has 1 aromatic rings. The lowest BCUT2D eigenvalue weighted by Crippen LogP contribution is -2.30. The predicted molar refractivity (Wildman–Crippen MR) is 86.4 cm³/mol. The number of amides is 1. The van der Waals surface area contributed by atoms with Gasteiger partial charge in [0.15, 0.2) is 6.61 Å². The van der Waals surface area contributed by atoms with Crippen LogP contribution in [0.3, 0.4) is 0 Å². The minimum atomic E-state index is -0.0630. The monoisotopic (exact) mass is 292 g/mol. The molecule has 0 aliphatic heterocycles. The molecule has 0 spiro atoms. The van der Waals surface area contributed by atoms with Gasteiger partial charge in [-0.2, -0.15) is 0 Å². The molecule has 1 amide bonds. The molecule has 4 nitrogen and oxygen atoms in total. The second-order valence-electron chi connectivity index (χ2n) is 5.61. The summed E-state index contributed by atoms with van der Waals surface area (Å²) in [5, 5.41) is 6.22. The van der Waals surface area contributed by atoms with E-state index < -0.39 is 0 Å². The van der Waals surface area contributed by atoms with Gasteiger partial charge in [0.2, 0.25) is 0 Å². The van der Waals surface area contributed by atoms with Crippen molar-refractivity contribution in [3.05, 3.63) is 29.8 Å². The van der Waals surface area contributed by atoms with Crippen LogP contribution in [0.1, 0.15) is 39.2 Å². The zero-order valence-electron chi connectivity index (χ0n) is 13.4. The van der Waals surface area contributed by atoms with Crippen molar-refractivity contribution in [2.45, 2.75) is 40.2 Å². The Labute approximate surface area is 128 Å². The molecule has 0 fully saturated rings. The van der Waals surface area contributed by atoms with E-state index in [2.05, 4.69) is 31.4 Å². The van der Waals surface area contributed by atoms with Crippen molar-refractivity contribution < 1.29 is 9.53 Å². The molecule has 0 aromatic heterocycles. The van der Waals surface area contributed by atoms with E-state index in [1.165, 1.54) is 0 Å². The molecule has 0 aliphatic carbocycles. The second-order valence-corrected chi connectivity index (χ2v) is 5.61. The molecule has 1 aromatic carbocycles. The Balaban J connectivity index is 2.38. The van der Waals surface area contributed by atoms with Crippen molar-refractivity contribution in [2.75, 3.05) is 19.7 Å². The predicted octanol–water partition coefficient (Wildman–Crippen LogP) is 2.73. The van der Waals surface area contributed by atoms with Gasteiger partial charge in [-0.3, -0.25) is 4.79 Å². The smallest absolute Gasteiger partial charge is 0.257 e. The molecule has 4 heteroatoms. The Morgan fingerprint density at radius 1 is 1.24 bits per heavy atom. The van der Waals surface area contributed by atoms with Gasteiger partial charge in [-0.25, -0.2) is 0 Å². The Kier molecular flexibility index (Phi) is 8.51. The van der Waals surface area contributed by atoms with Gasteiger partial charge in [0, 0.05) is 18.7 Å². The van der Waals surface area contributed by atoms with E-state index in [0.717, 1.165) is 37.2 Å². The normalized spacial score (nSPS) is 10.7. The summed E-state index contributed by atoms with van der Waals surface area (Å²) in [5.74, 6) is 1.31. The fourth-order valence-corrected chi connectivity index (χ4v) is 1.89. The van der Waals surface area contributed by atoms with Gasteiger partial charge in [0.25, 0.3) is 5.91 Å². The molecule has 1 rings (SSSR count). The molecule has 0 aliphatic rings. The molecule has 2 N–H and O–H groups in total. The summed E-state index contributed by atoms with van der Waals surface area (Å²) in [5.41, 5.74) is 1.08. The molecule has 0 unspecified atom stereocenters. The number of carbonyl (C=O) groups excluding carboxylic acids is 1. The highest BCUT2D eigenvalue weighted by Gasteiger charge is 2.06. The topological polar surface area (TPSA) is 50.4 Å². The number of benzene rings is 1. The van der Waals surface area contributed by atoms with Crippen LogP contribution in [0, 0.1) is 5.92 Å². The summed E-state index contributed by atoms with van der Waals surface area (Å²) in [6.07, 6.45) is 2.09. The van der Waals surface area contributed by atoms with E-state index in [4.69, 9.17) is 4.74 Å². The zero-order chi connectivity index (χ0) is 15.5. The Hall–Kier alpha value is -1.55. The third kappa shape index (κ3) is 7.71. The van der Waals surface area contributed by atoms with Crippen LogP contribution in [0.25, 0.3) is 0 Å². The van der Waals surface area contributed by atoms with E-state index in [0.29, 0.717) is 12.5 Å². The Bertz CT molecular complexity index is 419. The number of hydrogen-bond acceptors (Lipinski definition) is 3. The fourth-order valence-electron chi connectivity index (χ4n) is 1.89. The quantitative estimate of drug-likeness (QED) is 0.652. The second kappa shape index (κ2) is 10.2. The van der Waals surface area contributed by atoms with Gasteiger partial charge < -0.3 is 15.4 Å². The highest BCUT2D eigenvalue weighted by atomic mass is 16.5. The van der Waals surface area contributed by atoms with E-state index in [-0.39, 0.29) is 12.5 Å². The van der Waals surface area contributed by atoms with Gasteiger partial charge in [-0.05, 0) is 31.4 Å². The maximum absolute atomic E-state index is 11.7. The minimum Gasteiger partial charge on any atom is -0.483 e. The van der Waals surface area contributed by atoms with Crippen molar-refractivity contribution in [3.63, 3.8) is 0 Å². The van der Waals surface area contributed by atoms with Crippen LogP contribution in [0.4, 0.5) is 0 Å². The lowest BCUT2D eigenvalue weighted by molar-refractivity contribution is -0.123.